The third-order valence-corrected chi connectivity index (χ3v) is 9.99. The lowest BCUT2D eigenvalue weighted by molar-refractivity contribution is -0.133. The fourth-order valence-electron chi connectivity index (χ4n) is 7.51. The van der Waals surface area contributed by atoms with E-state index in [0.29, 0.717) is 23.3 Å². The smallest absolute Gasteiger partial charge is 0.308 e. The number of phenols is 1. The molecule has 1 aliphatic rings. The van der Waals surface area contributed by atoms with Crippen molar-refractivity contribution in [2.45, 2.75) is 80.1 Å². The molecule has 13 nitrogen and oxygen atoms in total. The summed E-state index contributed by atoms with van der Waals surface area (Å²) in [6.07, 6.45) is 6.78. The first-order chi connectivity index (χ1) is 29.8. The zero-order valence-corrected chi connectivity index (χ0v) is 36.2. The Balaban J connectivity index is 1.75. The molecule has 0 saturated carbocycles. The van der Waals surface area contributed by atoms with Crippen molar-refractivity contribution in [1.29, 1.82) is 0 Å². The van der Waals surface area contributed by atoms with Crippen LogP contribution in [-0.2, 0) is 30.4 Å². The maximum absolute atomic E-state index is 15.6. The van der Waals surface area contributed by atoms with Gasteiger partial charge in [0.1, 0.15) is 34.5 Å². The second kappa shape index (κ2) is 20.4. The number of rotatable bonds is 14. The summed E-state index contributed by atoms with van der Waals surface area (Å²) < 4.78 is 27.4. The van der Waals surface area contributed by atoms with Crippen molar-refractivity contribution in [3.05, 3.63) is 136 Å². The zero-order valence-electron chi connectivity index (χ0n) is 36.2. The Kier molecular flexibility index (Phi) is 15.1. The number of hydrogen-bond donors (Lipinski definition) is 1. The number of ketones is 2. The molecule has 0 heterocycles. The fraction of sp³-hybridized carbons (Fsp3) is 0.260. The Hall–Kier alpha value is -7.41. The second-order valence-electron chi connectivity index (χ2n) is 15.3. The minimum absolute atomic E-state index is 0.0237. The van der Waals surface area contributed by atoms with Gasteiger partial charge in [-0.2, -0.15) is 0 Å². The third kappa shape index (κ3) is 11.9. The van der Waals surface area contributed by atoms with Gasteiger partial charge in [0.15, 0.2) is 11.6 Å². The van der Waals surface area contributed by atoms with Crippen LogP contribution in [0.4, 0.5) is 0 Å². The van der Waals surface area contributed by atoms with Gasteiger partial charge < -0.3 is 28.8 Å². The van der Waals surface area contributed by atoms with E-state index < -0.39 is 64.9 Å². The van der Waals surface area contributed by atoms with E-state index in [-0.39, 0.29) is 51.7 Å². The molecule has 0 amide bonds. The van der Waals surface area contributed by atoms with E-state index in [4.69, 9.17) is 23.7 Å². The number of ether oxygens (including phenoxy) is 5. The maximum atomic E-state index is 15.6. The summed E-state index contributed by atoms with van der Waals surface area (Å²) in [5, 5.41) is 12.2. The molecule has 4 aromatic carbocycles. The molecule has 326 valence electrons. The van der Waals surface area contributed by atoms with Gasteiger partial charge in [-0.15, -0.1) is 0 Å². The Morgan fingerprint density at radius 3 is 1.71 bits per heavy atom. The highest BCUT2D eigenvalue weighted by Crippen LogP contribution is 2.52. The molecule has 3 atom stereocenters. The van der Waals surface area contributed by atoms with E-state index in [1.54, 1.807) is 54.6 Å². The summed E-state index contributed by atoms with van der Waals surface area (Å²) in [6.45, 7) is 11.7. The minimum Gasteiger partial charge on any atom is -0.507 e. The summed E-state index contributed by atoms with van der Waals surface area (Å²) in [6, 6.07) is 18.6. The predicted molar refractivity (Wildman–Crippen MR) is 232 cm³/mol. The van der Waals surface area contributed by atoms with Crippen LogP contribution < -0.4 is 23.7 Å². The molecule has 13 heteroatoms. The number of phenolic OH excluding ortho intramolecular Hbond substituents is 1. The van der Waals surface area contributed by atoms with Crippen LogP contribution in [-0.4, -0.2) is 46.5 Å². The quantitative estimate of drug-likeness (QED) is 0.0416. The summed E-state index contributed by atoms with van der Waals surface area (Å²) in [4.78, 5) is 90.2. The van der Waals surface area contributed by atoms with E-state index in [2.05, 4.69) is 0 Å². The first-order valence-corrected chi connectivity index (χ1v) is 20.0. The van der Waals surface area contributed by atoms with E-state index >= 15 is 4.79 Å². The monoisotopic (exact) mass is 856 g/mol. The highest BCUT2D eigenvalue weighted by Gasteiger charge is 2.43. The van der Waals surface area contributed by atoms with Gasteiger partial charge >= 0.3 is 29.8 Å². The third-order valence-electron chi connectivity index (χ3n) is 9.99. The van der Waals surface area contributed by atoms with Crippen LogP contribution in [0.1, 0.15) is 117 Å². The summed E-state index contributed by atoms with van der Waals surface area (Å²) in [7, 11) is 0. The molecule has 0 aromatic heterocycles. The maximum Gasteiger partial charge on any atom is 0.308 e. The molecule has 0 fully saturated rings. The molecule has 5 rings (SSSR count). The van der Waals surface area contributed by atoms with Gasteiger partial charge in [-0.1, -0.05) is 53.6 Å². The van der Waals surface area contributed by atoms with Crippen LogP contribution in [0.5, 0.6) is 34.5 Å². The van der Waals surface area contributed by atoms with Crippen LogP contribution in [0.15, 0.2) is 102 Å². The van der Waals surface area contributed by atoms with E-state index in [9.17, 15) is 33.9 Å². The van der Waals surface area contributed by atoms with Crippen molar-refractivity contribution in [1.82, 2.24) is 0 Å². The largest absolute Gasteiger partial charge is 0.507 e. The molecule has 0 saturated heterocycles. The molecule has 63 heavy (non-hydrogen) atoms. The number of carbonyl (C=O) groups excluding carboxylic acids is 7. The Morgan fingerprint density at radius 2 is 1.16 bits per heavy atom. The molecule has 4 aromatic rings. The Labute approximate surface area is 365 Å². The molecule has 0 bridgehead atoms. The van der Waals surface area contributed by atoms with Crippen LogP contribution in [0.25, 0.3) is 6.08 Å². The van der Waals surface area contributed by atoms with E-state index in [1.165, 1.54) is 71.0 Å². The average molecular weight is 857 g/mol. The number of benzene rings is 4. The molecule has 1 N–H and O–H groups in total. The summed E-state index contributed by atoms with van der Waals surface area (Å²) in [5.74, 6) is -7.30. The molecule has 1 aliphatic carbocycles. The normalized spacial score (nSPS) is 15.7. The lowest BCUT2D eigenvalue weighted by atomic mass is 9.65. The summed E-state index contributed by atoms with van der Waals surface area (Å²) >= 11 is 0. The molecule has 0 spiro atoms. The minimum atomic E-state index is -1.14. The Bertz CT molecular complexity index is 2550. The van der Waals surface area contributed by atoms with Gasteiger partial charge in [-0.25, -0.2) is 0 Å². The second-order valence-corrected chi connectivity index (χ2v) is 15.3. The van der Waals surface area contributed by atoms with Crippen molar-refractivity contribution in [2.24, 2.45) is 5.92 Å². The number of allylic oxidation sites excluding steroid dienone is 5. The average Bonchev–Trinajstić information content (AvgIpc) is 3.19. The molecular formula is C50H48O13. The van der Waals surface area contributed by atoms with Crippen molar-refractivity contribution < 1.29 is 62.4 Å². The fourth-order valence-corrected chi connectivity index (χ4v) is 7.51. The summed E-state index contributed by atoms with van der Waals surface area (Å²) in [5.41, 5.74) is 2.95. The van der Waals surface area contributed by atoms with Gasteiger partial charge in [0.2, 0.25) is 0 Å². The Morgan fingerprint density at radius 1 is 0.635 bits per heavy atom. The molecule has 0 aliphatic heterocycles. The van der Waals surface area contributed by atoms with Gasteiger partial charge in [0.05, 0.1) is 11.1 Å². The first-order valence-electron chi connectivity index (χ1n) is 20.0. The van der Waals surface area contributed by atoms with Gasteiger partial charge in [-0.3, -0.25) is 33.6 Å². The van der Waals surface area contributed by atoms with Crippen molar-refractivity contribution in [3.8, 4) is 34.5 Å². The number of Topliss-reactive ketones (excluding diaryl/α,β-unsaturated/α-hetero) is 1. The SMILES string of the molecule is CC(=O)Oc1ccc(/C=C/C(=O)c2ccc(OC(C)=O)c([C@H]3C=C(C)C[C@@H](c4ccc(OC(C)=O)cc4)[C@@H]3C(=O)c3ccc(OC(C)=O)c(CC=C(C)C)c3OC(C)=O)c2O)cc1. The van der Waals surface area contributed by atoms with E-state index in [1.807, 2.05) is 26.8 Å². The number of hydrogen-bond acceptors (Lipinski definition) is 13. The predicted octanol–water partition coefficient (Wildman–Crippen LogP) is 9.14. The van der Waals surface area contributed by atoms with Crippen molar-refractivity contribution in [2.75, 3.05) is 0 Å². The lowest BCUT2D eigenvalue weighted by Gasteiger charge is -2.37. The first kappa shape index (κ1) is 46.7. The van der Waals surface area contributed by atoms with Crippen LogP contribution in [0.2, 0.25) is 0 Å². The lowest BCUT2D eigenvalue weighted by Crippen LogP contribution is -2.32. The molecular weight excluding hydrogens is 809 g/mol. The van der Waals surface area contributed by atoms with Crippen LogP contribution >= 0.6 is 0 Å². The molecule has 0 unspecified atom stereocenters. The van der Waals surface area contributed by atoms with Gasteiger partial charge in [0.25, 0.3) is 0 Å². The topological polar surface area (TPSA) is 186 Å². The van der Waals surface area contributed by atoms with Gasteiger partial charge in [0, 0.05) is 57.6 Å². The van der Waals surface area contributed by atoms with Crippen LogP contribution in [0, 0.1) is 5.92 Å². The molecule has 0 radical (unpaired) electrons. The van der Waals surface area contributed by atoms with E-state index in [0.717, 1.165) is 11.1 Å². The number of carbonyl (C=O) groups is 7. The highest BCUT2D eigenvalue weighted by molar-refractivity contribution is 6.09. The van der Waals surface area contributed by atoms with Crippen LogP contribution in [0.3, 0.4) is 0 Å². The number of esters is 5. The number of aromatic hydroxyl groups is 1. The van der Waals surface area contributed by atoms with Crippen molar-refractivity contribution >= 4 is 47.5 Å². The van der Waals surface area contributed by atoms with Gasteiger partial charge in [-0.05, 0) is 105 Å². The standard InChI is InChI=1S/C50H48O13/c1-27(2)9-19-39-44(61-31(6)53)23-21-40(50(39)63-33(8)55)49(58)46-41(35-13-17-37(18-14-35)60-30(5)52)25-28(3)26-42(46)47-45(62-32(7)54)24-20-38(48(47)57)43(56)22-12-34-10-15-36(16-11-34)59-29(4)51/h9-18,20-24,26,41-42,46,57H,19,25H2,1-8H3/b22-12+/t41-,42-,46-/m0/s1. The zero-order chi connectivity index (χ0) is 46.1. The van der Waals surface area contributed by atoms with Crippen molar-refractivity contribution in [3.63, 3.8) is 0 Å². The highest BCUT2D eigenvalue weighted by atomic mass is 16.6.